The summed E-state index contributed by atoms with van der Waals surface area (Å²) in [6.45, 7) is 0.0759. The van der Waals surface area contributed by atoms with Crippen LogP contribution in [-0.2, 0) is 16.8 Å². The number of aliphatic hydroxyl groups is 2. The van der Waals surface area contributed by atoms with Gasteiger partial charge in [0.05, 0.1) is 11.6 Å². The number of nitrogens with one attached hydrogen (secondary N) is 1. The molecule has 6 nitrogen and oxygen atoms in total. The fraction of sp³-hybridized carbons (Fsp3) is 0.440. The average Bonchev–Trinajstić information content (AvgIpc) is 3.56. The standard InChI is InChI=1S/C25H23F7N2O4/c26-18-12-16(24(27,28)29)8-9-17(18)20(13-6-7-13)33-21(35)19-5-2-10-34(19)22(36)14-3-1-4-15(11-14)23(37,38)25(30,31)32/h1,3-4,8-9,11-13,19-20,37-38H,2,5-7,10H2,(H,33,35)/t19?,20-/m1/s1. The van der Waals surface area contributed by atoms with Crippen molar-refractivity contribution in [2.24, 2.45) is 5.92 Å². The Hall–Kier alpha value is -3.19. The lowest BCUT2D eigenvalue weighted by atomic mass is 9.99. The summed E-state index contributed by atoms with van der Waals surface area (Å²) >= 11 is 0. The van der Waals surface area contributed by atoms with Gasteiger partial charge in [0.15, 0.2) is 0 Å². The zero-order chi connectivity index (χ0) is 28.0. The molecule has 2 atom stereocenters. The van der Waals surface area contributed by atoms with Crippen LogP contribution in [0.15, 0.2) is 42.5 Å². The summed E-state index contributed by atoms with van der Waals surface area (Å²) in [5.74, 6) is -7.05. The number of amides is 2. The number of rotatable bonds is 6. The van der Waals surface area contributed by atoms with Crippen molar-refractivity contribution in [2.45, 2.75) is 55.9 Å². The number of hydrogen-bond donors (Lipinski definition) is 3. The summed E-state index contributed by atoms with van der Waals surface area (Å²) in [4.78, 5) is 27.4. The number of benzene rings is 2. The molecule has 2 aliphatic rings. The normalized spacial score (nSPS) is 19.4. The maximum absolute atomic E-state index is 14.7. The van der Waals surface area contributed by atoms with E-state index >= 15 is 0 Å². The summed E-state index contributed by atoms with van der Waals surface area (Å²) in [5, 5.41) is 21.7. The molecule has 2 aromatic carbocycles. The Morgan fingerprint density at radius 1 is 0.947 bits per heavy atom. The predicted octanol–water partition coefficient (Wildman–Crippen LogP) is 4.42. The van der Waals surface area contributed by atoms with E-state index in [1.807, 2.05) is 0 Å². The van der Waals surface area contributed by atoms with Crippen LogP contribution < -0.4 is 5.32 Å². The fourth-order valence-corrected chi connectivity index (χ4v) is 4.57. The molecule has 38 heavy (non-hydrogen) atoms. The SMILES string of the molecule is O=C(N[C@@H](c1ccc(C(F)(F)F)cc1F)C1CC1)C1CCCN1C(=O)c1cccc(C(O)(O)C(F)(F)F)c1. The predicted molar refractivity (Wildman–Crippen MR) is 118 cm³/mol. The van der Waals surface area contributed by atoms with E-state index in [0.717, 1.165) is 35.2 Å². The van der Waals surface area contributed by atoms with Gasteiger partial charge in [-0.3, -0.25) is 9.59 Å². The highest BCUT2D eigenvalue weighted by molar-refractivity contribution is 5.98. The first-order valence-corrected chi connectivity index (χ1v) is 11.7. The fourth-order valence-electron chi connectivity index (χ4n) is 4.57. The van der Waals surface area contributed by atoms with E-state index in [9.17, 15) is 50.5 Å². The van der Waals surface area contributed by atoms with Crippen molar-refractivity contribution in [2.75, 3.05) is 6.54 Å². The molecule has 1 aliphatic heterocycles. The van der Waals surface area contributed by atoms with Crippen LogP contribution in [0.25, 0.3) is 0 Å². The molecule has 1 heterocycles. The van der Waals surface area contributed by atoms with Gasteiger partial charge in [0.2, 0.25) is 5.91 Å². The summed E-state index contributed by atoms with van der Waals surface area (Å²) in [6.07, 6.45) is -8.40. The minimum absolute atomic E-state index is 0.0759. The van der Waals surface area contributed by atoms with Gasteiger partial charge in [-0.15, -0.1) is 0 Å². The Labute approximate surface area is 212 Å². The van der Waals surface area contributed by atoms with E-state index in [-0.39, 0.29) is 30.0 Å². The second-order valence-corrected chi connectivity index (χ2v) is 9.47. The smallest absolute Gasteiger partial charge is 0.355 e. The Kier molecular flexibility index (Phi) is 7.21. The van der Waals surface area contributed by atoms with Crippen LogP contribution in [0, 0.1) is 11.7 Å². The Morgan fingerprint density at radius 2 is 1.63 bits per heavy atom. The number of alkyl halides is 6. The third-order valence-corrected chi connectivity index (χ3v) is 6.78. The van der Waals surface area contributed by atoms with Crippen LogP contribution >= 0.6 is 0 Å². The summed E-state index contributed by atoms with van der Waals surface area (Å²) < 4.78 is 92.6. The van der Waals surface area contributed by atoms with Gasteiger partial charge in [0, 0.05) is 23.2 Å². The highest BCUT2D eigenvalue weighted by Gasteiger charge is 2.54. The van der Waals surface area contributed by atoms with Gasteiger partial charge in [0.25, 0.3) is 11.7 Å². The van der Waals surface area contributed by atoms with E-state index < -0.39 is 59.0 Å². The van der Waals surface area contributed by atoms with Crippen LogP contribution in [0.5, 0.6) is 0 Å². The van der Waals surface area contributed by atoms with Crippen molar-refractivity contribution in [1.29, 1.82) is 0 Å². The van der Waals surface area contributed by atoms with Crippen LogP contribution in [0.3, 0.4) is 0 Å². The molecule has 0 spiro atoms. The Bertz CT molecular complexity index is 1220. The highest BCUT2D eigenvalue weighted by Crippen LogP contribution is 2.43. The van der Waals surface area contributed by atoms with Gasteiger partial charge in [-0.05, 0) is 55.9 Å². The number of halogens is 7. The largest absolute Gasteiger partial charge is 0.447 e. The second-order valence-electron chi connectivity index (χ2n) is 9.47. The van der Waals surface area contributed by atoms with Gasteiger partial charge in [-0.25, -0.2) is 4.39 Å². The molecule has 206 valence electrons. The Balaban J connectivity index is 1.54. The molecular formula is C25H23F7N2O4. The first kappa shape index (κ1) is 27.8. The van der Waals surface area contributed by atoms with E-state index in [2.05, 4.69) is 5.32 Å². The first-order chi connectivity index (χ1) is 17.6. The van der Waals surface area contributed by atoms with Crippen molar-refractivity contribution < 1.29 is 50.5 Å². The Morgan fingerprint density at radius 3 is 2.21 bits per heavy atom. The minimum atomic E-state index is -5.43. The third-order valence-electron chi connectivity index (χ3n) is 6.78. The second kappa shape index (κ2) is 9.84. The summed E-state index contributed by atoms with van der Waals surface area (Å²) in [6, 6.07) is 3.72. The van der Waals surface area contributed by atoms with Crippen molar-refractivity contribution in [3.8, 4) is 0 Å². The van der Waals surface area contributed by atoms with E-state index in [4.69, 9.17) is 0 Å². The van der Waals surface area contributed by atoms with E-state index in [1.165, 1.54) is 0 Å². The topological polar surface area (TPSA) is 89.9 Å². The molecule has 0 radical (unpaired) electrons. The third kappa shape index (κ3) is 5.48. The van der Waals surface area contributed by atoms with Gasteiger partial charge >= 0.3 is 12.4 Å². The van der Waals surface area contributed by atoms with Crippen LogP contribution in [0.4, 0.5) is 30.7 Å². The molecule has 2 aromatic rings. The van der Waals surface area contributed by atoms with Crippen molar-refractivity contribution >= 4 is 11.8 Å². The van der Waals surface area contributed by atoms with Crippen molar-refractivity contribution in [1.82, 2.24) is 10.2 Å². The lowest BCUT2D eigenvalue weighted by molar-refractivity contribution is -0.358. The van der Waals surface area contributed by atoms with E-state index in [1.54, 1.807) is 0 Å². The molecule has 4 rings (SSSR count). The first-order valence-electron chi connectivity index (χ1n) is 11.7. The van der Waals surface area contributed by atoms with Gasteiger partial charge in [-0.2, -0.15) is 26.3 Å². The lowest BCUT2D eigenvalue weighted by Crippen LogP contribution is -2.47. The number of likely N-dealkylation sites (tertiary alicyclic amines) is 1. The molecule has 1 saturated carbocycles. The number of carbonyl (C=O) groups excluding carboxylic acids is 2. The quantitative estimate of drug-likeness (QED) is 0.369. The lowest BCUT2D eigenvalue weighted by Gasteiger charge is -2.28. The molecule has 2 fully saturated rings. The van der Waals surface area contributed by atoms with Crippen LogP contribution in [0.2, 0.25) is 0 Å². The molecule has 1 unspecified atom stereocenters. The number of nitrogens with zero attached hydrogens (tertiary/aromatic N) is 1. The van der Waals surface area contributed by atoms with E-state index in [0.29, 0.717) is 31.4 Å². The number of hydrogen-bond acceptors (Lipinski definition) is 4. The van der Waals surface area contributed by atoms with Crippen LogP contribution in [-0.4, -0.2) is 45.7 Å². The molecule has 2 amide bonds. The molecule has 0 bridgehead atoms. The molecule has 13 heteroatoms. The monoisotopic (exact) mass is 548 g/mol. The van der Waals surface area contributed by atoms with Gasteiger partial charge in [0.1, 0.15) is 11.9 Å². The molecule has 0 aromatic heterocycles. The number of carbonyl (C=O) groups is 2. The molecule has 3 N–H and O–H groups in total. The van der Waals surface area contributed by atoms with Gasteiger partial charge < -0.3 is 20.4 Å². The maximum Gasteiger partial charge on any atom is 0.447 e. The molecule has 1 aliphatic carbocycles. The zero-order valence-electron chi connectivity index (χ0n) is 19.6. The summed E-state index contributed by atoms with van der Waals surface area (Å²) in [7, 11) is 0. The minimum Gasteiger partial charge on any atom is -0.355 e. The highest BCUT2D eigenvalue weighted by atomic mass is 19.4. The van der Waals surface area contributed by atoms with Crippen molar-refractivity contribution in [3.05, 3.63) is 70.5 Å². The van der Waals surface area contributed by atoms with Crippen LogP contribution in [0.1, 0.15) is 58.8 Å². The van der Waals surface area contributed by atoms with Gasteiger partial charge in [-0.1, -0.05) is 18.2 Å². The summed E-state index contributed by atoms with van der Waals surface area (Å²) in [5.41, 5.74) is -2.59. The molecular weight excluding hydrogens is 525 g/mol. The average molecular weight is 548 g/mol. The molecule has 1 saturated heterocycles. The zero-order valence-corrected chi connectivity index (χ0v) is 19.6. The maximum atomic E-state index is 14.7. The van der Waals surface area contributed by atoms with Crippen molar-refractivity contribution in [3.63, 3.8) is 0 Å².